The Morgan fingerprint density at radius 2 is 2.05 bits per heavy atom. The average molecular weight is 321 g/mol. The Morgan fingerprint density at radius 3 is 2.76 bits per heavy atom. The summed E-state index contributed by atoms with van der Waals surface area (Å²) in [6.07, 6.45) is 0.940. The van der Waals surface area contributed by atoms with E-state index in [0.717, 1.165) is 21.8 Å². The van der Waals surface area contributed by atoms with Crippen LogP contribution in [0.4, 0.5) is 9.52 Å². The molecule has 1 heterocycles. The second-order valence-electron chi connectivity index (χ2n) is 4.77. The molecule has 3 rings (SSSR count). The minimum absolute atomic E-state index is 0.106. The molecule has 0 unspecified atom stereocenters. The molecule has 21 heavy (non-hydrogen) atoms. The quantitative estimate of drug-likeness (QED) is 0.671. The largest absolute Gasteiger partial charge is 0.355 e. The fourth-order valence-electron chi connectivity index (χ4n) is 2.24. The molecule has 0 amide bonds. The number of halogens is 2. The van der Waals surface area contributed by atoms with Gasteiger partial charge in [0.05, 0.1) is 21.3 Å². The summed E-state index contributed by atoms with van der Waals surface area (Å²) in [4.78, 5) is 4.48. The van der Waals surface area contributed by atoms with Crippen LogP contribution in [0.2, 0.25) is 5.02 Å². The third kappa shape index (κ3) is 3.01. The van der Waals surface area contributed by atoms with Crippen molar-refractivity contribution in [2.45, 2.75) is 19.4 Å². The lowest BCUT2D eigenvalue weighted by atomic mass is 10.1. The lowest BCUT2D eigenvalue weighted by Crippen LogP contribution is -2.09. The Kier molecular flexibility index (Phi) is 4.08. The number of fused-ring (bicyclic) bond motifs is 1. The molecule has 0 saturated heterocycles. The second-order valence-corrected chi connectivity index (χ2v) is 6.21. The second kappa shape index (κ2) is 6.00. The van der Waals surface area contributed by atoms with Gasteiger partial charge < -0.3 is 5.32 Å². The highest BCUT2D eigenvalue weighted by atomic mass is 35.5. The molecule has 0 saturated carbocycles. The topological polar surface area (TPSA) is 24.9 Å². The smallest absolute Gasteiger partial charge is 0.184 e. The predicted molar refractivity (Wildman–Crippen MR) is 87.7 cm³/mol. The molecule has 1 aromatic heterocycles. The first kappa shape index (κ1) is 14.3. The first-order valence-electron chi connectivity index (χ1n) is 6.74. The van der Waals surface area contributed by atoms with Crippen LogP contribution in [0.1, 0.15) is 24.9 Å². The van der Waals surface area contributed by atoms with E-state index in [2.05, 4.69) is 29.4 Å². The highest BCUT2D eigenvalue weighted by Crippen LogP contribution is 2.32. The summed E-state index contributed by atoms with van der Waals surface area (Å²) >= 11 is 7.23. The Bertz CT molecular complexity index is 719. The Labute approximate surface area is 131 Å². The van der Waals surface area contributed by atoms with Crippen LogP contribution >= 0.6 is 22.9 Å². The van der Waals surface area contributed by atoms with E-state index >= 15 is 0 Å². The molecule has 108 valence electrons. The Morgan fingerprint density at radius 1 is 1.29 bits per heavy atom. The van der Waals surface area contributed by atoms with E-state index in [0.29, 0.717) is 0 Å². The summed E-state index contributed by atoms with van der Waals surface area (Å²) in [5, 5.41) is 4.30. The summed E-state index contributed by atoms with van der Waals surface area (Å²) in [7, 11) is 0. The normalized spacial score (nSPS) is 12.5. The monoisotopic (exact) mass is 320 g/mol. The van der Waals surface area contributed by atoms with Gasteiger partial charge in [0.15, 0.2) is 5.13 Å². The fourth-order valence-corrected chi connectivity index (χ4v) is 3.32. The number of nitrogens with one attached hydrogen (secondary N) is 1. The lowest BCUT2D eigenvalue weighted by molar-refractivity contribution is 0.630. The van der Waals surface area contributed by atoms with Crippen molar-refractivity contribution in [3.8, 4) is 0 Å². The lowest BCUT2D eigenvalue weighted by Gasteiger charge is -2.16. The van der Waals surface area contributed by atoms with E-state index < -0.39 is 5.82 Å². The van der Waals surface area contributed by atoms with E-state index in [9.17, 15) is 4.39 Å². The molecule has 0 spiro atoms. The molecule has 2 aromatic carbocycles. The number of hydrogen-bond acceptors (Lipinski definition) is 3. The Hall–Kier alpha value is -1.65. The van der Waals surface area contributed by atoms with Crippen molar-refractivity contribution in [2.24, 2.45) is 0 Å². The number of benzene rings is 2. The van der Waals surface area contributed by atoms with E-state index in [4.69, 9.17) is 11.6 Å². The number of anilines is 1. The highest BCUT2D eigenvalue weighted by molar-refractivity contribution is 7.22. The molecule has 0 aliphatic heterocycles. The summed E-state index contributed by atoms with van der Waals surface area (Å²) in [6, 6.07) is 13.4. The van der Waals surface area contributed by atoms with E-state index in [1.165, 1.54) is 23.0 Å². The van der Waals surface area contributed by atoms with Gasteiger partial charge >= 0.3 is 0 Å². The van der Waals surface area contributed by atoms with Crippen molar-refractivity contribution < 1.29 is 4.39 Å². The maximum absolute atomic E-state index is 13.5. The van der Waals surface area contributed by atoms with Crippen LogP contribution in [0.25, 0.3) is 10.2 Å². The summed E-state index contributed by atoms with van der Waals surface area (Å²) in [6.45, 7) is 2.12. The number of thiazole rings is 1. The van der Waals surface area contributed by atoms with Crippen molar-refractivity contribution in [1.82, 2.24) is 4.98 Å². The van der Waals surface area contributed by atoms with Crippen LogP contribution in [0.5, 0.6) is 0 Å². The fraction of sp³-hybridized carbons (Fsp3) is 0.188. The zero-order valence-electron chi connectivity index (χ0n) is 11.4. The molecule has 3 aromatic rings. The van der Waals surface area contributed by atoms with Gasteiger partial charge in [0.25, 0.3) is 0 Å². The van der Waals surface area contributed by atoms with Crippen LogP contribution in [0.15, 0.2) is 42.5 Å². The first-order valence-corrected chi connectivity index (χ1v) is 7.94. The maximum Gasteiger partial charge on any atom is 0.184 e. The first-order chi connectivity index (χ1) is 10.2. The molecule has 2 nitrogen and oxygen atoms in total. The molecule has 0 fully saturated rings. The molecule has 1 N–H and O–H groups in total. The molecule has 0 aliphatic carbocycles. The molecule has 1 atom stereocenters. The summed E-state index contributed by atoms with van der Waals surface area (Å²) < 4.78 is 14.3. The minimum atomic E-state index is -0.408. The van der Waals surface area contributed by atoms with Crippen molar-refractivity contribution in [3.63, 3.8) is 0 Å². The van der Waals surface area contributed by atoms with Gasteiger partial charge in [-0.15, -0.1) is 0 Å². The molecule has 5 heteroatoms. The van der Waals surface area contributed by atoms with Crippen LogP contribution in [-0.4, -0.2) is 4.98 Å². The van der Waals surface area contributed by atoms with E-state index in [1.54, 1.807) is 6.07 Å². The number of hydrogen-bond donors (Lipinski definition) is 1. The van der Waals surface area contributed by atoms with E-state index in [1.807, 2.05) is 18.2 Å². The van der Waals surface area contributed by atoms with Crippen LogP contribution in [0, 0.1) is 5.82 Å². The van der Waals surface area contributed by atoms with Gasteiger partial charge in [-0.25, -0.2) is 9.37 Å². The van der Waals surface area contributed by atoms with Crippen molar-refractivity contribution in [1.29, 1.82) is 0 Å². The van der Waals surface area contributed by atoms with Gasteiger partial charge in [-0.2, -0.15) is 0 Å². The SMILES string of the molecule is CC[C@@H](Nc1nc2cc(Cl)c(F)cc2s1)c1ccccc1. The van der Waals surface area contributed by atoms with Gasteiger partial charge in [0.2, 0.25) is 0 Å². The third-order valence-corrected chi connectivity index (χ3v) is 4.58. The number of nitrogens with zero attached hydrogens (tertiary/aromatic N) is 1. The average Bonchev–Trinajstić information content (AvgIpc) is 2.87. The standard InChI is InChI=1S/C16H14ClFN2S/c1-2-13(10-6-4-3-5-7-10)19-16-20-14-8-11(17)12(18)9-15(14)21-16/h3-9,13H,2H2,1H3,(H,19,20)/t13-/m1/s1. The zero-order chi connectivity index (χ0) is 14.8. The van der Waals surface area contributed by atoms with Crippen LogP contribution < -0.4 is 5.32 Å². The number of rotatable bonds is 4. The maximum atomic E-state index is 13.5. The predicted octanol–water partition coefficient (Wildman–Crippen LogP) is 5.65. The van der Waals surface area contributed by atoms with Gasteiger partial charge in [-0.05, 0) is 24.1 Å². The summed E-state index contributed by atoms with van der Waals surface area (Å²) in [5.41, 5.74) is 1.93. The van der Waals surface area contributed by atoms with Gasteiger partial charge in [-0.1, -0.05) is 60.2 Å². The molecular weight excluding hydrogens is 307 g/mol. The van der Waals surface area contributed by atoms with Crippen molar-refractivity contribution in [2.75, 3.05) is 5.32 Å². The molecule has 0 bridgehead atoms. The molecular formula is C16H14ClFN2S. The molecule has 0 aliphatic rings. The zero-order valence-corrected chi connectivity index (χ0v) is 13.0. The van der Waals surface area contributed by atoms with E-state index in [-0.39, 0.29) is 11.1 Å². The van der Waals surface area contributed by atoms with Crippen molar-refractivity contribution >= 4 is 38.3 Å². The number of aromatic nitrogens is 1. The minimum Gasteiger partial charge on any atom is -0.355 e. The highest BCUT2D eigenvalue weighted by Gasteiger charge is 2.13. The van der Waals surface area contributed by atoms with Gasteiger partial charge in [-0.3, -0.25) is 0 Å². The van der Waals surface area contributed by atoms with Crippen LogP contribution in [-0.2, 0) is 0 Å². The van der Waals surface area contributed by atoms with Gasteiger partial charge in [0.1, 0.15) is 5.82 Å². The Balaban J connectivity index is 1.90. The van der Waals surface area contributed by atoms with Crippen LogP contribution in [0.3, 0.4) is 0 Å². The molecule has 0 radical (unpaired) electrons. The van der Waals surface area contributed by atoms with Gasteiger partial charge in [0, 0.05) is 0 Å². The third-order valence-electron chi connectivity index (χ3n) is 3.34. The van der Waals surface area contributed by atoms with Crippen molar-refractivity contribution in [3.05, 3.63) is 58.9 Å². The summed E-state index contributed by atoms with van der Waals surface area (Å²) in [5.74, 6) is -0.408.